The molecule has 2 aromatic heterocycles. The van der Waals surface area contributed by atoms with Crippen LogP contribution in [0.25, 0.3) is 5.65 Å². The van der Waals surface area contributed by atoms with Crippen molar-refractivity contribution in [3.05, 3.63) is 30.2 Å². The summed E-state index contributed by atoms with van der Waals surface area (Å²) >= 11 is 3.33. The minimum absolute atomic E-state index is 0.0809. The Bertz CT molecular complexity index is 573. The Morgan fingerprint density at radius 3 is 2.83 bits per heavy atom. The molecule has 0 aromatic carbocycles. The maximum atomic E-state index is 11.9. The van der Waals surface area contributed by atoms with Gasteiger partial charge in [0.15, 0.2) is 11.5 Å². The van der Waals surface area contributed by atoms with Crippen molar-refractivity contribution in [2.75, 3.05) is 0 Å². The highest BCUT2D eigenvalue weighted by molar-refractivity contribution is 9.10. The number of carbonyl (C=O) groups excluding carboxylic acids is 1. The standard InChI is InChI=1S/C12H15BrN4O/c1-8(14-11(18)12(2,3)13)10-16-15-9-6-4-5-7-17(9)10/h4-8H,1-3H3,(H,14,18). The number of fused-ring (bicyclic) bond motifs is 1. The summed E-state index contributed by atoms with van der Waals surface area (Å²) in [4.78, 5) is 11.9. The van der Waals surface area contributed by atoms with E-state index in [9.17, 15) is 4.79 Å². The molecule has 0 saturated carbocycles. The van der Waals surface area contributed by atoms with Gasteiger partial charge >= 0.3 is 0 Å². The molecular weight excluding hydrogens is 296 g/mol. The van der Waals surface area contributed by atoms with E-state index in [0.717, 1.165) is 11.5 Å². The molecule has 96 valence electrons. The highest BCUT2D eigenvalue weighted by atomic mass is 79.9. The Morgan fingerprint density at radius 2 is 2.17 bits per heavy atom. The molecule has 0 aliphatic heterocycles. The molecule has 0 aliphatic rings. The largest absolute Gasteiger partial charge is 0.345 e. The van der Waals surface area contributed by atoms with Crippen LogP contribution in [-0.4, -0.2) is 24.8 Å². The Hall–Kier alpha value is -1.43. The van der Waals surface area contributed by atoms with E-state index in [1.54, 1.807) is 13.8 Å². The average molecular weight is 311 g/mol. The number of rotatable bonds is 3. The predicted octanol–water partition coefficient (Wildman–Crippen LogP) is 2.08. The van der Waals surface area contributed by atoms with Crippen LogP contribution in [0.15, 0.2) is 24.4 Å². The van der Waals surface area contributed by atoms with Crippen molar-refractivity contribution >= 4 is 27.5 Å². The van der Waals surface area contributed by atoms with Gasteiger partial charge in [0.25, 0.3) is 0 Å². The molecular formula is C12H15BrN4O. The molecule has 0 radical (unpaired) electrons. The molecule has 0 fully saturated rings. The fraction of sp³-hybridized carbons (Fsp3) is 0.417. The van der Waals surface area contributed by atoms with Gasteiger partial charge in [0.2, 0.25) is 5.91 Å². The lowest BCUT2D eigenvalue weighted by atomic mass is 10.2. The zero-order valence-electron chi connectivity index (χ0n) is 10.5. The molecule has 18 heavy (non-hydrogen) atoms. The summed E-state index contributed by atoms with van der Waals surface area (Å²) in [6.45, 7) is 5.49. The lowest BCUT2D eigenvalue weighted by Gasteiger charge is -2.19. The quantitative estimate of drug-likeness (QED) is 0.883. The van der Waals surface area contributed by atoms with E-state index in [4.69, 9.17) is 0 Å². The second-order valence-corrected chi connectivity index (χ2v) is 6.64. The molecule has 2 heterocycles. The molecule has 2 rings (SSSR count). The number of alkyl halides is 1. The minimum Gasteiger partial charge on any atom is -0.345 e. The second kappa shape index (κ2) is 4.68. The number of halogens is 1. The van der Waals surface area contributed by atoms with E-state index in [1.165, 1.54) is 0 Å². The molecule has 0 aliphatic carbocycles. The number of aromatic nitrogens is 3. The first-order valence-corrected chi connectivity index (χ1v) is 6.48. The number of nitrogens with one attached hydrogen (secondary N) is 1. The fourth-order valence-corrected chi connectivity index (χ4v) is 1.70. The Kier molecular flexibility index (Phi) is 3.38. The van der Waals surface area contributed by atoms with E-state index in [0.29, 0.717) is 0 Å². The van der Waals surface area contributed by atoms with Crippen molar-refractivity contribution in [1.82, 2.24) is 19.9 Å². The third kappa shape index (κ3) is 2.53. The summed E-state index contributed by atoms with van der Waals surface area (Å²) in [5, 5.41) is 11.1. The number of pyridine rings is 1. The van der Waals surface area contributed by atoms with E-state index in [1.807, 2.05) is 35.7 Å². The maximum Gasteiger partial charge on any atom is 0.236 e. The van der Waals surface area contributed by atoms with Gasteiger partial charge in [0.1, 0.15) is 0 Å². The zero-order valence-corrected chi connectivity index (χ0v) is 12.1. The third-order valence-corrected chi connectivity index (χ3v) is 2.98. The van der Waals surface area contributed by atoms with Crippen LogP contribution >= 0.6 is 15.9 Å². The van der Waals surface area contributed by atoms with Crippen molar-refractivity contribution in [1.29, 1.82) is 0 Å². The van der Waals surface area contributed by atoms with Gasteiger partial charge in [-0.15, -0.1) is 10.2 Å². The highest BCUT2D eigenvalue weighted by Crippen LogP contribution is 2.18. The van der Waals surface area contributed by atoms with Crippen LogP contribution in [0, 0.1) is 0 Å². The van der Waals surface area contributed by atoms with Gasteiger partial charge in [0, 0.05) is 6.20 Å². The molecule has 0 saturated heterocycles. The van der Waals surface area contributed by atoms with E-state index in [-0.39, 0.29) is 11.9 Å². The summed E-state index contributed by atoms with van der Waals surface area (Å²) in [7, 11) is 0. The summed E-state index contributed by atoms with van der Waals surface area (Å²) in [5.74, 6) is 0.637. The average Bonchev–Trinajstić information content (AvgIpc) is 2.71. The van der Waals surface area contributed by atoms with Crippen LogP contribution in [0.3, 0.4) is 0 Å². The third-order valence-electron chi connectivity index (χ3n) is 2.61. The van der Waals surface area contributed by atoms with E-state index >= 15 is 0 Å². The molecule has 0 spiro atoms. The second-order valence-electron chi connectivity index (χ2n) is 4.65. The smallest absolute Gasteiger partial charge is 0.236 e. The lowest BCUT2D eigenvalue weighted by molar-refractivity contribution is -0.123. The molecule has 6 heteroatoms. The van der Waals surface area contributed by atoms with Crippen LogP contribution in [0.5, 0.6) is 0 Å². The minimum atomic E-state index is -0.595. The fourth-order valence-electron chi connectivity index (χ4n) is 1.59. The molecule has 1 unspecified atom stereocenters. The number of nitrogens with zero attached hydrogens (tertiary/aromatic N) is 3. The summed E-state index contributed by atoms with van der Waals surface area (Å²) < 4.78 is 1.27. The van der Waals surface area contributed by atoms with Crippen LogP contribution in [0.1, 0.15) is 32.6 Å². The SMILES string of the molecule is CC(NC(=O)C(C)(C)Br)c1nnc2ccccn12. The van der Waals surface area contributed by atoms with E-state index in [2.05, 4.69) is 31.4 Å². The molecule has 2 aromatic rings. The molecule has 5 nitrogen and oxygen atoms in total. The maximum absolute atomic E-state index is 11.9. The van der Waals surface area contributed by atoms with Gasteiger partial charge in [-0.2, -0.15) is 0 Å². The van der Waals surface area contributed by atoms with E-state index < -0.39 is 4.32 Å². The first-order valence-electron chi connectivity index (χ1n) is 5.69. The van der Waals surface area contributed by atoms with Gasteiger partial charge in [-0.25, -0.2) is 0 Å². The van der Waals surface area contributed by atoms with Gasteiger partial charge in [-0.05, 0) is 32.9 Å². The number of hydrogen-bond donors (Lipinski definition) is 1. The van der Waals surface area contributed by atoms with Gasteiger partial charge < -0.3 is 5.32 Å². The first kappa shape index (κ1) is 13.0. The summed E-state index contributed by atoms with van der Waals surface area (Å²) in [5.41, 5.74) is 0.770. The first-order chi connectivity index (χ1) is 8.39. The number of carbonyl (C=O) groups is 1. The van der Waals surface area contributed by atoms with Crippen molar-refractivity contribution in [3.8, 4) is 0 Å². The van der Waals surface area contributed by atoms with Crippen molar-refractivity contribution in [2.24, 2.45) is 0 Å². The van der Waals surface area contributed by atoms with Crippen LogP contribution in [0.2, 0.25) is 0 Å². The van der Waals surface area contributed by atoms with Crippen LogP contribution in [0.4, 0.5) is 0 Å². The predicted molar refractivity (Wildman–Crippen MR) is 72.6 cm³/mol. The number of amides is 1. The molecule has 1 amide bonds. The number of hydrogen-bond acceptors (Lipinski definition) is 3. The van der Waals surface area contributed by atoms with Crippen molar-refractivity contribution < 1.29 is 4.79 Å². The topological polar surface area (TPSA) is 59.3 Å². The van der Waals surface area contributed by atoms with Crippen molar-refractivity contribution in [2.45, 2.75) is 31.1 Å². The summed E-state index contributed by atoms with van der Waals surface area (Å²) in [6.07, 6.45) is 1.88. The highest BCUT2D eigenvalue weighted by Gasteiger charge is 2.26. The normalized spacial score (nSPS) is 13.6. The summed E-state index contributed by atoms with van der Waals surface area (Å²) in [6, 6.07) is 5.48. The molecule has 1 atom stereocenters. The van der Waals surface area contributed by atoms with Crippen molar-refractivity contribution in [3.63, 3.8) is 0 Å². The van der Waals surface area contributed by atoms with Crippen LogP contribution in [-0.2, 0) is 4.79 Å². The lowest BCUT2D eigenvalue weighted by Crippen LogP contribution is -2.39. The van der Waals surface area contributed by atoms with Crippen LogP contribution < -0.4 is 5.32 Å². The van der Waals surface area contributed by atoms with Gasteiger partial charge in [-0.3, -0.25) is 9.20 Å². The van der Waals surface area contributed by atoms with Gasteiger partial charge in [0.05, 0.1) is 10.4 Å². The molecule has 1 N–H and O–H groups in total. The Balaban J connectivity index is 2.24. The zero-order chi connectivity index (χ0) is 13.3. The monoisotopic (exact) mass is 310 g/mol. The Labute approximate surface area is 114 Å². The Morgan fingerprint density at radius 1 is 1.44 bits per heavy atom. The molecule has 0 bridgehead atoms. The van der Waals surface area contributed by atoms with Gasteiger partial charge in [-0.1, -0.05) is 22.0 Å².